The van der Waals surface area contributed by atoms with Gasteiger partial charge in [0, 0.05) is 60.0 Å². The zero-order valence-electron chi connectivity index (χ0n) is 83.9. The fourth-order valence-electron chi connectivity index (χ4n) is 18.5. The molecule has 20 rings (SSSR count). The lowest BCUT2D eigenvalue weighted by atomic mass is 9.99. The largest absolute Gasteiger partial charge is 0.454 e. The van der Waals surface area contributed by atoms with Gasteiger partial charge in [-0.2, -0.15) is 0 Å². The van der Waals surface area contributed by atoms with Gasteiger partial charge in [-0.05, 0) is 155 Å². The van der Waals surface area contributed by atoms with Gasteiger partial charge in [-0.25, -0.2) is 24.0 Å². The van der Waals surface area contributed by atoms with E-state index in [-0.39, 0.29) is 151 Å². The first kappa shape index (κ1) is 104. The molecule has 0 N–H and O–H groups in total. The predicted octanol–water partition coefficient (Wildman–Crippen LogP) is 21.8. The molecule has 10 aliphatic rings. The number of hydrogen-bond acceptors (Lipinski definition) is 20. The molecule has 10 fully saturated rings. The summed E-state index contributed by atoms with van der Waals surface area (Å²) in [5.74, 6) is -1.06. The van der Waals surface area contributed by atoms with Crippen LogP contribution >= 0.6 is 0 Å². The van der Waals surface area contributed by atoms with Gasteiger partial charge < -0.3 is 71.1 Å². The Labute approximate surface area is 851 Å². The molecule has 0 unspecified atom stereocenters. The van der Waals surface area contributed by atoms with Gasteiger partial charge in [-0.1, -0.05) is 359 Å². The molecule has 0 aromatic heterocycles. The highest BCUT2D eigenvalue weighted by Crippen LogP contribution is 2.40. The van der Waals surface area contributed by atoms with Crippen LogP contribution in [0, 0.1) is 98.8 Å². The summed E-state index contributed by atoms with van der Waals surface area (Å²) in [5, 5.41) is 0. The summed E-state index contributed by atoms with van der Waals surface area (Å²) < 4.78 is 87.1. The molecule has 20 nitrogen and oxygen atoms in total. The number of esters is 5. The van der Waals surface area contributed by atoms with E-state index < -0.39 is 0 Å². The van der Waals surface area contributed by atoms with Crippen molar-refractivity contribution < 1.29 is 95.0 Å². The van der Waals surface area contributed by atoms with E-state index in [1.165, 1.54) is 86.0 Å². The number of hydrogen-bond donors (Lipinski definition) is 0. The molecule has 0 amide bonds. The van der Waals surface area contributed by atoms with Crippen molar-refractivity contribution in [3.8, 4) is 0 Å². The maximum atomic E-state index is 12.2. The quantitative estimate of drug-likeness (QED) is 0.0294. The lowest BCUT2D eigenvalue weighted by Gasteiger charge is -2.15. The lowest BCUT2D eigenvalue weighted by molar-refractivity contribution is -0.148. The lowest BCUT2D eigenvalue weighted by Crippen LogP contribution is -2.32. The second-order valence-corrected chi connectivity index (χ2v) is 38.7. The smallest absolute Gasteiger partial charge is 0.331 e. The number of ether oxygens (including phenoxy) is 15. The third-order valence-electron chi connectivity index (χ3n) is 27.1. The topological polar surface area (TPSA) is 224 Å². The Bertz CT molecular complexity index is 5370. The summed E-state index contributed by atoms with van der Waals surface area (Å²) in [6.07, 6.45) is 34.0. The van der Waals surface area contributed by atoms with E-state index in [0.29, 0.717) is 66.1 Å². The SMILES string of the molecule is Cc1ccc(C=C[C@H]2CO[C@H]3[C@@H]2OC[C@H]3OC(=O)/C=C/c2ccc(C)cc2)cc1.Cc1ccc(C=C[C@H]2CO[C@H]3[C@@H]2OC[C@H]3OC(=O)/C=C/c2ccc(C)cc2)cc1.Cc1ccc(C=C[C@H]2CO[C@H]3[C@@H]2OC[C@H]3OC(=O)/C=C/c2ccc(C)cc2)cc1.Cc1ccc(C=C[C@H]2CO[C@H]3[C@@H]2OC[C@H]3OC(=O)/C=C/c2ccc(C)cc2)cc1.Cc1ccc(C=C[C@H]2CO[C@H]3[C@@H]2OC[C@H]3OC(=O)/C=C/c2ccc(C)cc2)cc1. The van der Waals surface area contributed by atoms with Gasteiger partial charge in [0.15, 0.2) is 30.5 Å². The van der Waals surface area contributed by atoms with Gasteiger partial charge in [0.05, 0.1) is 96.6 Å². The van der Waals surface area contributed by atoms with Crippen molar-refractivity contribution in [3.63, 3.8) is 0 Å². The second-order valence-electron chi connectivity index (χ2n) is 38.7. The first-order chi connectivity index (χ1) is 70.4. The number of aryl methyl sites for hydroxylation is 10. The number of fused-ring (bicyclic) bond motifs is 5. The van der Waals surface area contributed by atoms with Crippen molar-refractivity contribution >= 4 is 90.6 Å². The minimum atomic E-state index is -0.373. The van der Waals surface area contributed by atoms with E-state index in [4.69, 9.17) is 71.1 Å². The summed E-state index contributed by atoms with van der Waals surface area (Å²) in [7, 11) is 0. The molecule has 10 saturated heterocycles. The molecular weight excluding hydrogens is 1820 g/mol. The number of benzene rings is 10. The summed E-state index contributed by atoms with van der Waals surface area (Å²) >= 11 is 0. The van der Waals surface area contributed by atoms with E-state index in [1.54, 1.807) is 30.4 Å². The van der Waals surface area contributed by atoms with E-state index >= 15 is 0 Å². The predicted molar refractivity (Wildman–Crippen MR) is 566 cm³/mol. The fraction of sp³-hybridized carbons (Fsp3) is 0.320. The Morgan fingerprint density at radius 3 is 0.421 bits per heavy atom. The molecule has 0 aliphatic carbocycles. The number of carbonyl (C=O) groups excluding carboxylic acids is 5. The molecule has 0 bridgehead atoms. The van der Waals surface area contributed by atoms with Crippen LogP contribution in [0.25, 0.3) is 60.8 Å². The van der Waals surface area contributed by atoms with Crippen molar-refractivity contribution in [2.45, 2.75) is 161 Å². The van der Waals surface area contributed by atoms with Crippen LogP contribution < -0.4 is 0 Å². The molecule has 10 aromatic carbocycles. The summed E-state index contributed by atoms with van der Waals surface area (Å²) in [6, 6.07) is 81.8. The first-order valence-electron chi connectivity index (χ1n) is 50.1. The Kier molecular flexibility index (Phi) is 37.0. The molecule has 20 heteroatoms. The summed E-state index contributed by atoms with van der Waals surface area (Å²) in [5.41, 5.74) is 22.7. The normalized spacial score (nSPS) is 26.3. The highest BCUT2D eigenvalue weighted by atomic mass is 16.7. The minimum absolute atomic E-state index is 0.0735. The maximum Gasteiger partial charge on any atom is 0.331 e. The Morgan fingerprint density at radius 2 is 0.290 bits per heavy atom. The van der Waals surface area contributed by atoms with Gasteiger partial charge in [-0.15, -0.1) is 0 Å². The van der Waals surface area contributed by atoms with Crippen LogP contribution in [-0.2, 0) is 95.0 Å². The van der Waals surface area contributed by atoms with E-state index in [1.807, 2.05) is 156 Å². The van der Waals surface area contributed by atoms with Crippen LogP contribution in [0.3, 0.4) is 0 Å². The molecule has 145 heavy (non-hydrogen) atoms. The van der Waals surface area contributed by atoms with Crippen LogP contribution in [0.4, 0.5) is 0 Å². The first-order valence-corrected chi connectivity index (χ1v) is 50.1. The van der Waals surface area contributed by atoms with Crippen molar-refractivity contribution in [3.05, 3.63) is 415 Å². The van der Waals surface area contributed by atoms with Gasteiger partial charge in [-0.3, -0.25) is 0 Å². The van der Waals surface area contributed by atoms with E-state index in [9.17, 15) is 24.0 Å². The Hall–Kier alpha value is -13.5. The van der Waals surface area contributed by atoms with Crippen LogP contribution in [-0.4, -0.2) is 187 Å². The molecule has 0 spiro atoms. The van der Waals surface area contributed by atoms with Crippen molar-refractivity contribution in [1.82, 2.24) is 0 Å². The maximum absolute atomic E-state index is 12.2. The third kappa shape index (κ3) is 30.4. The molecule has 0 saturated carbocycles. The summed E-state index contributed by atoms with van der Waals surface area (Å²) in [4.78, 5) is 61.1. The van der Waals surface area contributed by atoms with Crippen LogP contribution in [0.15, 0.2) is 303 Å². The zero-order chi connectivity index (χ0) is 101. The van der Waals surface area contributed by atoms with Crippen molar-refractivity contribution in [2.24, 2.45) is 29.6 Å². The van der Waals surface area contributed by atoms with Crippen LogP contribution in [0.5, 0.6) is 0 Å². The second kappa shape index (κ2) is 51.4. The average molecular weight is 1950 g/mol. The van der Waals surface area contributed by atoms with Gasteiger partial charge >= 0.3 is 29.8 Å². The van der Waals surface area contributed by atoms with Crippen LogP contribution in [0.2, 0.25) is 0 Å². The molecule has 20 atom stereocenters. The highest BCUT2D eigenvalue weighted by Gasteiger charge is 2.53. The summed E-state index contributed by atoms with van der Waals surface area (Å²) in [6.45, 7) is 25.3. The van der Waals surface area contributed by atoms with Crippen LogP contribution in [0.1, 0.15) is 111 Å². The van der Waals surface area contributed by atoms with Crippen molar-refractivity contribution in [2.75, 3.05) is 66.1 Å². The highest BCUT2D eigenvalue weighted by molar-refractivity contribution is 5.90. The minimum Gasteiger partial charge on any atom is -0.454 e. The zero-order valence-corrected chi connectivity index (χ0v) is 83.9. The average Bonchev–Trinajstić information content (AvgIpc) is 1.67. The molecule has 750 valence electrons. The molecular formula is C125H130O20. The molecule has 10 heterocycles. The third-order valence-corrected chi connectivity index (χ3v) is 27.1. The van der Waals surface area contributed by atoms with Gasteiger partial charge in [0.1, 0.15) is 30.5 Å². The Morgan fingerprint density at radius 1 is 0.172 bits per heavy atom. The van der Waals surface area contributed by atoms with E-state index in [0.717, 1.165) is 55.6 Å². The molecule has 10 aliphatic heterocycles. The van der Waals surface area contributed by atoms with Gasteiger partial charge in [0.25, 0.3) is 0 Å². The molecule has 10 aromatic rings. The molecule has 0 radical (unpaired) electrons. The van der Waals surface area contributed by atoms with E-state index in [2.05, 4.69) is 217 Å². The van der Waals surface area contributed by atoms with Gasteiger partial charge in [0.2, 0.25) is 0 Å². The Balaban J connectivity index is 0.000000130. The fourth-order valence-corrected chi connectivity index (χ4v) is 18.5. The monoisotopic (exact) mass is 1950 g/mol. The number of carbonyl (C=O) groups is 5. The number of rotatable bonds is 25. The van der Waals surface area contributed by atoms with Crippen molar-refractivity contribution in [1.29, 1.82) is 0 Å². The standard InChI is InChI=1S/5C25H26O4/c5*1-17-3-7-19(8-4-17)11-13-21-15-27-25-22(16-28-24(21)25)29-23(26)14-12-20-9-5-18(2)6-10-20/h5*3-14,21-22,24-25H,15-16H2,1-2H3/b5*13-11?,14-12+/t5*21-,22+,24+,25+/m00000/s1.